The van der Waals surface area contributed by atoms with E-state index in [0.717, 1.165) is 38.5 Å². The minimum atomic E-state index is -1.13. The normalized spacial score (nSPS) is 21.0. The molecule has 3 nitrogen and oxygen atoms in total. The van der Waals surface area contributed by atoms with E-state index in [2.05, 4.69) is 12.2 Å². The van der Waals surface area contributed by atoms with Gasteiger partial charge in [-0.25, -0.2) is 8.78 Å². The molecule has 0 aliphatic carbocycles. The number of hydrogen-bond donors (Lipinski definition) is 0. The summed E-state index contributed by atoms with van der Waals surface area (Å²) in [6.07, 6.45) is 9.42. The third-order valence-electron chi connectivity index (χ3n) is 5.05. The summed E-state index contributed by atoms with van der Waals surface area (Å²) < 4.78 is 44.9. The second kappa shape index (κ2) is 12.8. The highest BCUT2D eigenvalue weighted by molar-refractivity contribution is 5.33. The average Bonchev–Trinajstić information content (AvgIpc) is 2.69. The van der Waals surface area contributed by atoms with Crippen molar-refractivity contribution in [1.29, 1.82) is 0 Å². The van der Waals surface area contributed by atoms with Crippen LogP contribution >= 0.6 is 0 Å². The zero-order chi connectivity index (χ0) is 20.2. The van der Waals surface area contributed by atoms with Crippen LogP contribution in [-0.2, 0) is 4.74 Å². The lowest BCUT2D eigenvalue weighted by Gasteiger charge is -2.29. The Hall–Kier alpha value is -1.62. The molecule has 158 valence electrons. The second-order valence-electron chi connectivity index (χ2n) is 7.48. The van der Waals surface area contributed by atoms with Gasteiger partial charge in [-0.2, -0.15) is 0 Å². The van der Waals surface area contributed by atoms with Crippen LogP contribution in [0.25, 0.3) is 0 Å². The summed E-state index contributed by atoms with van der Waals surface area (Å²) >= 11 is 0. The summed E-state index contributed by atoms with van der Waals surface area (Å²) in [4.78, 5) is 0. The molecule has 1 aliphatic rings. The van der Waals surface area contributed by atoms with Gasteiger partial charge in [0.2, 0.25) is 0 Å². The summed E-state index contributed by atoms with van der Waals surface area (Å²) in [5.41, 5.74) is 0. The largest absolute Gasteiger partial charge is 0.491 e. The first-order valence-electron chi connectivity index (χ1n) is 10.5. The van der Waals surface area contributed by atoms with Gasteiger partial charge in [-0.15, -0.1) is 0 Å². The fourth-order valence-corrected chi connectivity index (χ4v) is 3.33. The van der Waals surface area contributed by atoms with Gasteiger partial charge in [0, 0.05) is 19.1 Å². The summed E-state index contributed by atoms with van der Waals surface area (Å²) in [5.74, 6) is 0.611. The van der Waals surface area contributed by atoms with E-state index in [4.69, 9.17) is 14.2 Å². The topological polar surface area (TPSA) is 27.7 Å². The molecular formula is C23H34F2O3. The van der Waals surface area contributed by atoms with Crippen LogP contribution in [0.4, 0.5) is 8.78 Å². The maximum Gasteiger partial charge on any atom is 0.168 e. The van der Waals surface area contributed by atoms with Gasteiger partial charge in [-0.1, -0.05) is 25.5 Å². The first-order chi connectivity index (χ1) is 13.6. The maximum atomic E-state index is 14.3. The Morgan fingerprint density at radius 1 is 1.29 bits per heavy atom. The van der Waals surface area contributed by atoms with E-state index < -0.39 is 12.0 Å². The van der Waals surface area contributed by atoms with Crippen molar-refractivity contribution in [1.82, 2.24) is 0 Å². The molecule has 1 aromatic rings. The number of allylic oxidation sites excluding steroid dienone is 2. The van der Waals surface area contributed by atoms with Gasteiger partial charge >= 0.3 is 0 Å². The van der Waals surface area contributed by atoms with Gasteiger partial charge in [-0.05, 0) is 57.1 Å². The molecule has 0 saturated carbocycles. The van der Waals surface area contributed by atoms with Crippen molar-refractivity contribution in [3.05, 3.63) is 36.2 Å². The van der Waals surface area contributed by atoms with Gasteiger partial charge in [-0.3, -0.25) is 0 Å². The quantitative estimate of drug-likeness (QED) is 0.308. The molecule has 1 fully saturated rings. The lowest BCUT2D eigenvalue weighted by atomic mass is 9.92. The monoisotopic (exact) mass is 396 g/mol. The molecule has 1 saturated heterocycles. The van der Waals surface area contributed by atoms with E-state index in [-0.39, 0.29) is 18.5 Å². The fourth-order valence-electron chi connectivity index (χ4n) is 3.33. The van der Waals surface area contributed by atoms with Crippen LogP contribution in [0.5, 0.6) is 11.5 Å². The second-order valence-corrected chi connectivity index (χ2v) is 7.48. The molecule has 0 bridgehead atoms. The minimum absolute atomic E-state index is 0.0531. The Morgan fingerprint density at radius 2 is 2.14 bits per heavy atom. The number of unbranched alkanes of at least 4 members (excludes halogenated alkanes) is 1. The zero-order valence-electron chi connectivity index (χ0n) is 17.2. The highest BCUT2D eigenvalue weighted by Gasteiger charge is 2.24. The van der Waals surface area contributed by atoms with E-state index in [0.29, 0.717) is 31.3 Å². The highest BCUT2D eigenvalue weighted by Crippen LogP contribution is 2.27. The van der Waals surface area contributed by atoms with Gasteiger partial charge in [0.15, 0.2) is 11.6 Å². The van der Waals surface area contributed by atoms with Crippen LogP contribution in [0.15, 0.2) is 30.4 Å². The molecule has 3 atom stereocenters. The van der Waals surface area contributed by atoms with Crippen LogP contribution in [-0.4, -0.2) is 32.1 Å². The Morgan fingerprint density at radius 3 is 2.82 bits per heavy atom. The number of alkyl halides is 1. The molecule has 5 heteroatoms. The zero-order valence-corrected chi connectivity index (χ0v) is 17.2. The predicted octanol–water partition coefficient (Wildman–Crippen LogP) is 6.26. The molecule has 3 unspecified atom stereocenters. The number of rotatable bonds is 12. The number of benzene rings is 1. The van der Waals surface area contributed by atoms with Gasteiger partial charge < -0.3 is 14.2 Å². The van der Waals surface area contributed by atoms with Gasteiger partial charge in [0.25, 0.3) is 0 Å². The van der Waals surface area contributed by atoms with Crippen molar-refractivity contribution in [2.75, 3.05) is 19.8 Å². The van der Waals surface area contributed by atoms with Crippen molar-refractivity contribution in [2.45, 2.75) is 71.1 Å². The first kappa shape index (κ1) is 22.7. The van der Waals surface area contributed by atoms with Crippen molar-refractivity contribution in [2.24, 2.45) is 5.92 Å². The number of ether oxygens (including phenoxy) is 3. The number of halogens is 2. The highest BCUT2D eigenvalue weighted by atomic mass is 19.1. The lowest BCUT2D eigenvalue weighted by molar-refractivity contribution is -0.0353. The van der Waals surface area contributed by atoms with Crippen molar-refractivity contribution in [3.8, 4) is 11.5 Å². The third kappa shape index (κ3) is 8.17. The molecule has 0 radical (unpaired) electrons. The summed E-state index contributed by atoms with van der Waals surface area (Å²) in [6.45, 7) is 5.17. The van der Waals surface area contributed by atoms with E-state index in [1.54, 1.807) is 6.07 Å². The standard InChI is InChI=1S/C23H34F2O3/c1-3-5-7-8-18-9-10-20(27-16-18)14-19(24)17-28-21-11-12-23(22(25)15-21)26-13-6-4-2/h3,5,11-12,15,18-20H,4,6-10,13-14,16-17H2,1-2H3/b5-3+. The van der Waals surface area contributed by atoms with E-state index in [1.165, 1.54) is 12.1 Å². The van der Waals surface area contributed by atoms with Crippen LogP contribution in [0.3, 0.4) is 0 Å². The van der Waals surface area contributed by atoms with Gasteiger partial charge in [0.05, 0.1) is 12.7 Å². The van der Waals surface area contributed by atoms with Crippen LogP contribution in [0.2, 0.25) is 0 Å². The average molecular weight is 397 g/mol. The smallest absolute Gasteiger partial charge is 0.168 e. The lowest BCUT2D eigenvalue weighted by Crippen LogP contribution is -2.29. The molecule has 0 spiro atoms. The molecule has 1 heterocycles. The maximum absolute atomic E-state index is 14.3. The Kier molecular flexibility index (Phi) is 10.3. The van der Waals surface area contributed by atoms with Crippen LogP contribution in [0.1, 0.15) is 58.8 Å². The van der Waals surface area contributed by atoms with E-state index >= 15 is 0 Å². The molecule has 2 rings (SSSR count). The Labute approximate surface area is 168 Å². The molecule has 1 aliphatic heterocycles. The Bertz CT molecular complexity index is 583. The molecular weight excluding hydrogens is 362 g/mol. The summed E-state index contributed by atoms with van der Waals surface area (Å²) in [6, 6.07) is 4.40. The van der Waals surface area contributed by atoms with Crippen LogP contribution < -0.4 is 9.47 Å². The molecule has 0 aromatic heterocycles. The van der Waals surface area contributed by atoms with Crippen LogP contribution in [0, 0.1) is 11.7 Å². The molecule has 0 N–H and O–H groups in total. The van der Waals surface area contributed by atoms with E-state index in [1.807, 2.05) is 13.8 Å². The summed E-state index contributed by atoms with van der Waals surface area (Å²) in [5, 5.41) is 0. The minimum Gasteiger partial charge on any atom is -0.491 e. The summed E-state index contributed by atoms with van der Waals surface area (Å²) in [7, 11) is 0. The molecule has 0 amide bonds. The van der Waals surface area contributed by atoms with Crippen molar-refractivity contribution in [3.63, 3.8) is 0 Å². The fraction of sp³-hybridized carbons (Fsp3) is 0.652. The van der Waals surface area contributed by atoms with E-state index in [9.17, 15) is 8.78 Å². The van der Waals surface area contributed by atoms with Gasteiger partial charge in [0.1, 0.15) is 18.5 Å². The molecule has 1 aromatic carbocycles. The predicted molar refractivity (Wildman–Crippen MR) is 108 cm³/mol. The van der Waals surface area contributed by atoms with Crippen molar-refractivity contribution >= 4 is 0 Å². The molecule has 28 heavy (non-hydrogen) atoms. The van der Waals surface area contributed by atoms with Crippen molar-refractivity contribution < 1.29 is 23.0 Å². The SMILES string of the molecule is C/C=C/CCC1CCC(CC(F)COc2ccc(OCCCC)c(F)c2)OC1. The third-order valence-corrected chi connectivity index (χ3v) is 5.05. The Balaban J connectivity index is 1.67. The first-order valence-corrected chi connectivity index (χ1v) is 10.5. The number of hydrogen-bond acceptors (Lipinski definition) is 3.